The SMILES string of the molecule is CCCCC1CCC(C(N)Cc2ccncc2Cl)CC1. The maximum Gasteiger partial charge on any atom is 0.0621 e. The van der Waals surface area contributed by atoms with Gasteiger partial charge in [-0.3, -0.25) is 4.98 Å². The van der Waals surface area contributed by atoms with Gasteiger partial charge >= 0.3 is 0 Å². The summed E-state index contributed by atoms with van der Waals surface area (Å²) in [5.41, 5.74) is 7.56. The Balaban J connectivity index is 1.80. The molecule has 20 heavy (non-hydrogen) atoms. The van der Waals surface area contributed by atoms with E-state index in [1.807, 2.05) is 6.07 Å². The maximum atomic E-state index is 6.42. The molecule has 1 fully saturated rings. The van der Waals surface area contributed by atoms with Crippen LogP contribution in [0.2, 0.25) is 5.02 Å². The molecule has 0 radical (unpaired) electrons. The van der Waals surface area contributed by atoms with Crippen LogP contribution in [0.5, 0.6) is 0 Å². The first-order valence-corrected chi connectivity index (χ1v) is 8.42. The van der Waals surface area contributed by atoms with Crippen molar-refractivity contribution in [3.8, 4) is 0 Å². The van der Waals surface area contributed by atoms with Crippen LogP contribution in [0.4, 0.5) is 0 Å². The summed E-state index contributed by atoms with van der Waals surface area (Å²) in [6.07, 6.45) is 13.8. The molecule has 1 aromatic rings. The lowest BCUT2D eigenvalue weighted by atomic mass is 9.76. The first-order chi connectivity index (χ1) is 9.70. The Morgan fingerprint density at radius 3 is 2.75 bits per heavy atom. The summed E-state index contributed by atoms with van der Waals surface area (Å²) in [6.45, 7) is 2.28. The third-order valence-electron chi connectivity index (χ3n) is 4.77. The molecule has 2 N–H and O–H groups in total. The van der Waals surface area contributed by atoms with Gasteiger partial charge < -0.3 is 5.73 Å². The number of hydrogen-bond acceptors (Lipinski definition) is 2. The molecular weight excluding hydrogens is 268 g/mol. The van der Waals surface area contributed by atoms with Gasteiger partial charge in [-0.2, -0.15) is 0 Å². The lowest BCUT2D eigenvalue weighted by molar-refractivity contribution is 0.231. The Hall–Kier alpha value is -0.600. The maximum absolute atomic E-state index is 6.42. The third kappa shape index (κ3) is 4.46. The van der Waals surface area contributed by atoms with Crippen LogP contribution in [0.3, 0.4) is 0 Å². The van der Waals surface area contributed by atoms with E-state index >= 15 is 0 Å². The zero-order valence-corrected chi connectivity index (χ0v) is 13.3. The second-order valence-corrected chi connectivity index (χ2v) is 6.67. The van der Waals surface area contributed by atoms with E-state index < -0.39 is 0 Å². The third-order valence-corrected chi connectivity index (χ3v) is 5.12. The Bertz CT molecular complexity index is 400. The molecule has 1 aliphatic carbocycles. The van der Waals surface area contributed by atoms with Gasteiger partial charge in [-0.25, -0.2) is 0 Å². The van der Waals surface area contributed by atoms with Crippen molar-refractivity contribution < 1.29 is 0 Å². The molecule has 0 aliphatic heterocycles. The zero-order valence-electron chi connectivity index (χ0n) is 12.5. The normalized spacial score (nSPS) is 24.6. The molecule has 1 heterocycles. The van der Waals surface area contributed by atoms with Crippen molar-refractivity contribution in [1.29, 1.82) is 0 Å². The Morgan fingerprint density at radius 2 is 2.10 bits per heavy atom. The lowest BCUT2D eigenvalue weighted by Gasteiger charge is -2.32. The van der Waals surface area contributed by atoms with Gasteiger partial charge in [0, 0.05) is 18.4 Å². The molecule has 2 rings (SSSR count). The van der Waals surface area contributed by atoms with E-state index in [1.165, 1.54) is 44.9 Å². The minimum Gasteiger partial charge on any atom is -0.327 e. The first kappa shape index (κ1) is 15.8. The van der Waals surface area contributed by atoms with Gasteiger partial charge in [0.15, 0.2) is 0 Å². The van der Waals surface area contributed by atoms with Gasteiger partial charge in [0.1, 0.15) is 0 Å². The van der Waals surface area contributed by atoms with Gasteiger partial charge in [-0.15, -0.1) is 0 Å². The molecule has 112 valence electrons. The van der Waals surface area contributed by atoms with Crippen LogP contribution in [0.1, 0.15) is 57.4 Å². The molecule has 2 nitrogen and oxygen atoms in total. The largest absolute Gasteiger partial charge is 0.327 e. The van der Waals surface area contributed by atoms with Crippen molar-refractivity contribution in [2.45, 2.75) is 64.3 Å². The highest BCUT2D eigenvalue weighted by molar-refractivity contribution is 6.31. The smallest absolute Gasteiger partial charge is 0.0621 e. The average molecular weight is 295 g/mol. The molecule has 0 saturated heterocycles. The second-order valence-electron chi connectivity index (χ2n) is 6.26. The van der Waals surface area contributed by atoms with Gasteiger partial charge in [0.25, 0.3) is 0 Å². The molecule has 1 aliphatic rings. The summed E-state index contributed by atoms with van der Waals surface area (Å²) >= 11 is 6.17. The van der Waals surface area contributed by atoms with Crippen LogP contribution < -0.4 is 5.73 Å². The van der Waals surface area contributed by atoms with E-state index in [0.717, 1.165) is 22.9 Å². The molecule has 0 aromatic carbocycles. The van der Waals surface area contributed by atoms with Crippen LogP contribution in [-0.4, -0.2) is 11.0 Å². The van der Waals surface area contributed by atoms with Gasteiger partial charge in [0.2, 0.25) is 0 Å². The van der Waals surface area contributed by atoms with Gasteiger partial charge in [-0.05, 0) is 42.7 Å². The summed E-state index contributed by atoms with van der Waals surface area (Å²) in [7, 11) is 0. The van der Waals surface area contributed by atoms with E-state index in [9.17, 15) is 0 Å². The van der Waals surface area contributed by atoms with Crippen molar-refractivity contribution >= 4 is 11.6 Å². The standard InChI is InChI=1S/C17H27ClN2/c1-2-3-4-13-5-7-14(8-6-13)17(19)11-15-9-10-20-12-16(15)18/h9-10,12-14,17H,2-8,11,19H2,1H3. The zero-order chi connectivity index (χ0) is 14.4. The molecule has 1 saturated carbocycles. The van der Waals surface area contributed by atoms with Crippen LogP contribution >= 0.6 is 11.6 Å². The predicted octanol–water partition coefficient (Wildman–Crippen LogP) is 4.60. The lowest BCUT2D eigenvalue weighted by Crippen LogP contribution is -2.35. The monoisotopic (exact) mass is 294 g/mol. The van der Waals surface area contributed by atoms with Crippen LogP contribution in [0.25, 0.3) is 0 Å². The summed E-state index contributed by atoms with van der Waals surface area (Å²) < 4.78 is 0. The van der Waals surface area contributed by atoms with Crippen LogP contribution in [0, 0.1) is 11.8 Å². The second kappa shape index (κ2) is 7.99. The quantitative estimate of drug-likeness (QED) is 0.832. The molecule has 1 atom stereocenters. The van der Waals surface area contributed by atoms with E-state index in [2.05, 4.69) is 11.9 Å². The molecular formula is C17H27ClN2. The molecule has 0 amide bonds. The number of nitrogens with two attached hydrogens (primary N) is 1. The first-order valence-electron chi connectivity index (χ1n) is 8.04. The highest BCUT2D eigenvalue weighted by Crippen LogP contribution is 2.34. The van der Waals surface area contributed by atoms with Crippen LogP contribution in [0.15, 0.2) is 18.5 Å². The fraction of sp³-hybridized carbons (Fsp3) is 0.706. The molecule has 0 bridgehead atoms. The number of unbranched alkanes of at least 4 members (excludes halogenated alkanes) is 1. The number of rotatable bonds is 6. The highest BCUT2D eigenvalue weighted by Gasteiger charge is 2.25. The minimum atomic E-state index is 0.238. The summed E-state index contributed by atoms with van der Waals surface area (Å²) in [5, 5.41) is 0.750. The molecule has 1 unspecified atom stereocenters. The Labute approximate surface area is 128 Å². The number of aromatic nitrogens is 1. The summed E-state index contributed by atoms with van der Waals surface area (Å²) in [5.74, 6) is 1.61. The Kier molecular flexibility index (Phi) is 6.31. The fourth-order valence-corrected chi connectivity index (χ4v) is 3.58. The fourth-order valence-electron chi connectivity index (χ4n) is 3.39. The van der Waals surface area contributed by atoms with Crippen molar-refractivity contribution in [3.63, 3.8) is 0 Å². The highest BCUT2D eigenvalue weighted by atomic mass is 35.5. The number of hydrogen-bond donors (Lipinski definition) is 1. The summed E-state index contributed by atoms with van der Waals surface area (Å²) in [4.78, 5) is 4.03. The van der Waals surface area contributed by atoms with E-state index in [4.69, 9.17) is 17.3 Å². The van der Waals surface area contributed by atoms with Crippen molar-refractivity contribution in [2.75, 3.05) is 0 Å². The summed E-state index contributed by atoms with van der Waals surface area (Å²) in [6, 6.07) is 2.23. The van der Waals surface area contributed by atoms with Gasteiger partial charge in [0.05, 0.1) is 5.02 Å². The topological polar surface area (TPSA) is 38.9 Å². The minimum absolute atomic E-state index is 0.238. The molecule has 3 heteroatoms. The average Bonchev–Trinajstić information content (AvgIpc) is 2.48. The van der Waals surface area contributed by atoms with Gasteiger partial charge in [-0.1, -0.05) is 50.6 Å². The van der Waals surface area contributed by atoms with E-state index in [0.29, 0.717) is 5.92 Å². The van der Waals surface area contributed by atoms with E-state index in [-0.39, 0.29) is 6.04 Å². The molecule has 1 aromatic heterocycles. The van der Waals surface area contributed by atoms with Crippen molar-refractivity contribution in [1.82, 2.24) is 4.98 Å². The number of nitrogens with zero attached hydrogens (tertiary/aromatic N) is 1. The van der Waals surface area contributed by atoms with Crippen LogP contribution in [-0.2, 0) is 6.42 Å². The molecule has 0 spiro atoms. The Morgan fingerprint density at radius 1 is 1.35 bits per heavy atom. The van der Waals surface area contributed by atoms with Crippen molar-refractivity contribution in [3.05, 3.63) is 29.0 Å². The number of pyridine rings is 1. The number of halogens is 1. The predicted molar refractivity (Wildman–Crippen MR) is 85.9 cm³/mol. The van der Waals surface area contributed by atoms with E-state index in [1.54, 1.807) is 12.4 Å². The van der Waals surface area contributed by atoms with Crippen molar-refractivity contribution in [2.24, 2.45) is 17.6 Å².